The Morgan fingerprint density at radius 3 is 2.58 bits per heavy atom. The molecule has 2 unspecified atom stereocenters. The number of nitrogens with one attached hydrogen (secondary N) is 2. The summed E-state index contributed by atoms with van der Waals surface area (Å²) in [5, 5.41) is 11.8. The quantitative estimate of drug-likeness (QED) is 0.436. The van der Waals surface area contributed by atoms with Gasteiger partial charge in [-0.05, 0) is 61.0 Å². The number of aromatic nitrogens is 2. The van der Waals surface area contributed by atoms with E-state index in [0.29, 0.717) is 5.56 Å². The Kier molecular flexibility index (Phi) is 5.10. The maximum atomic E-state index is 13.0. The molecule has 3 aliphatic rings. The van der Waals surface area contributed by atoms with Crippen molar-refractivity contribution < 1.29 is 14.3 Å². The van der Waals surface area contributed by atoms with E-state index in [9.17, 15) is 9.59 Å². The minimum absolute atomic E-state index is 0.0577. The van der Waals surface area contributed by atoms with Crippen LogP contribution in [0.2, 0.25) is 0 Å². The highest BCUT2D eigenvalue weighted by Gasteiger charge is 2.65. The topological polar surface area (TPSA) is 90.6 Å². The molecule has 1 saturated heterocycles. The van der Waals surface area contributed by atoms with Gasteiger partial charge in [-0.1, -0.05) is 24.3 Å². The molecule has 7 rings (SSSR count). The molecule has 8 nitrogen and oxygen atoms in total. The molecule has 8 heteroatoms. The fourth-order valence-corrected chi connectivity index (χ4v) is 6.14. The number of carbonyl (C=O) groups excluding carboxylic acids is 2. The first-order valence-electron chi connectivity index (χ1n) is 13.0. The SMILES string of the molecule is COc1ccc2c(c1)C1(CC1c1ccc3c(-c4ccc(C(=O)N5CCN(C)CC5)cc4)n[nH]c3c1)C(=O)N2. The molecule has 38 heavy (non-hydrogen) atoms. The number of aromatic amines is 1. The zero-order valence-electron chi connectivity index (χ0n) is 21.5. The van der Waals surface area contributed by atoms with Crippen LogP contribution in [0.3, 0.4) is 0 Å². The number of likely N-dealkylation sites (N-methyl/N-ethyl adjacent to an activating group) is 1. The molecule has 3 aromatic carbocycles. The molecule has 2 fully saturated rings. The lowest BCUT2D eigenvalue weighted by Gasteiger charge is -2.32. The van der Waals surface area contributed by atoms with Crippen LogP contribution in [0.4, 0.5) is 5.69 Å². The maximum Gasteiger partial charge on any atom is 0.253 e. The molecule has 192 valence electrons. The number of anilines is 1. The minimum Gasteiger partial charge on any atom is -0.497 e. The van der Waals surface area contributed by atoms with Gasteiger partial charge in [0.2, 0.25) is 5.91 Å². The summed E-state index contributed by atoms with van der Waals surface area (Å²) in [5.74, 6) is 0.999. The van der Waals surface area contributed by atoms with E-state index in [0.717, 1.165) is 77.3 Å². The van der Waals surface area contributed by atoms with Gasteiger partial charge in [0.15, 0.2) is 0 Å². The molecule has 2 amide bonds. The van der Waals surface area contributed by atoms with E-state index in [-0.39, 0.29) is 17.7 Å². The Balaban J connectivity index is 1.14. The van der Waals surface area contributed by atoms with E-state index in [1.807, 2.05) is 47.4 Å². The van der Waals surface area contributed by atoms with Crippen LogP contribution in [-0.2, 0) is 10.2 Å². The van der Waals surface area contributed by atoms with Gasteiger partial charge in [0.1, 0.15) is 5.75 Å². The lowest BCUT2D eigenvalue weighted by atomic mass is 9.91. The standard InChI is InChI=1S/C30H29N5O3/c1-34-11-13-35(14-12-34)28(36)19-5-3-18(4-6-19)27-22-9-7-20(15-26(22)32-33-27)24-17-30(24)23-16-21(38-2)8-10-25(23)31-29(30)37/h3-10,15-16,24H,11-14,17H2,1-2H3,(H,31,37)(H,32,33). The third-order valence-electron chi connectivity index (χ3n) is 8.51. The van der Waals surface area contributed by atoms with Crippen LogP contribution in [0, 0.1) is 0 Å². The summed E-state index contributed by atoms with van der Waals surface area (Å²) in [6.45, 7) is 3.32. The predicted molar refractivity (Wildman–Crippen MR) is 146 cm³/mol. The monoisotopic (exact) mass is 507 g/mol. The number of hydrogen-bond donors (Lipinski definition) is 2. The number of H-pyrrole nitrogens is 1. The summed E-state index contributed by atoms with van der Waals surface area (Å²) in [4.78, 5) is 30.1. The Bertz CT molecular complexity index is 1590. The summed E-state index contributed by atoms with van der Waals surface area (Å²) in [7, 11) is 3.73. The predicted octanol–water partition coefficient (Wildman–Crippen LogP) is 4.00. The van der Waals surface area contributed by atoms with E-state index in [2.05, 4.69) is 45.7 Å². The molecule has 2 aliphatic heterocycles. The van der Waals surface area contributed by atoms with Crippen LogP contribution in [-0.4, -0.2) is 72.1 Å². The first-order valence-corrected chi connectivity index (χ1v) is 13.0. The number of fused-ring (bicyclic) bond motifs is 3. The second kappa shape index (κ2) is 8.43. The second-order valence-electron chi connectivity index (χ2n) is 10.6. The molecule has 1 spiro atoms. The summed E-state index contributed by atoms with van der Waals surface area (Å²) in [6.07, 6.45) is 0.772. The molecular weight excluding hydrogens is 478 g/mol. The molecule has 2 atom stereocenters. The summed E-state index contributed by atoms with van der Waals surface area (Å²) in [6, 6.07) is 19.8. The van der Waals surface area contributed by atoms with Gasteiger partial charge in [-0.3, -0.25) is 14.7 Å². The number of benzene rings is 3. The van der Waals surface area contributed by atoms with Gasteiger partial charge in [0.05, 0.1) is 23.7 Å². The highest BCUT2D eigenvalue weighted by atomic mass is 16.5. The van der Waals surface area contributed by atoms with Gasteiger partial charge in [0, 0.05) is 54.3 Å². The third-order valence-corrected chi connectivity index (χ3v) is 8.51. The van der Waals surface area contributed by atoms with E-state index < -0.39 is 5.41 Å². The van der Waals surface area contributed by atoms with Crippen molar-refractivity contribution in [2.24, 2.45) is 0 Å². The van der Waals surface area contributed by atoms with Gasteiger partial charge in [-0.25, -0.2) is 0 Å². The maximum absolute atomic E-state index is 13.0. The van der Waals surface area contributed by atoms with Crippen LogP contribution in [0.1, 0.15) is 33.8 Å². The Hall–Kier alpha value is -4.17. The molecule has 1 aliphatic carbocycles. The zero-order valence-corrected chi connectivity index (χ0v) is 21.5. The number of methoxy groups -OCH3 is 1. The van der Waals surface area contributed by atoms with Crippen molar-refractivity contribution in [3.63, 3.8) is 0 Å². The smallest absolute Gasteiger partial charge is 0.253 e. The van der Waals surface area contributed by atoms with Crippen molar-refractivity contribution in [3.8, 4) is 17.0 Å². The van der Waals surface area contributed by atoms with Crippen LogP contribution in [0.15, 0.2) is 60.7 Å². The first-order chi connectivity index (χ1) is 18.5. The first kappa shape index (κ1) is 23.0. The molecule has 2 N–H and O–H groups in total. The normalized spacial score (nSPS) is 22.5. The van der Waals surface area contributed by atoms with Crippen LogP contribution in [0.5, 0.6) is 5.75 Å². The fourth-order valence-electron chi connectivity index (χ4n) is 6.14. The van der Waals surface area contributed by atoms with E-state index in [4.69, 9.17) is 4.74 Å². The number of amides is 2. The largest absolute Gasteiger partial charge is 0.497 e. The molecule has 3 heterocycles. The lowest BCUT2D eigenvalue weighted by Crippen LogP contribution is -2.47. The van der Waals surface area contributed by atoms with Gasteiger partial charge in [0.25, 0.3) is 5.91 Å². The minimum atomic E-state index is -0.535. The average Bonchev–Trinajstić information content (AvgIpc) is 3.47. The Labute approximate surface area is 220 Å². The summed E-state index contributed by atoms with van der Waals surface area (Å²) in [5.41, 5.74) is 5.91. The van der Waals surface area contributed by atoms with E-state index in [1.54, 1.807) is 7.11 Å². The molecule has 4 aromatic rings. The molecule has 0 radical (unpaired) electrons. The van der Waals surface area contributed by atoms with E-state index in [1.165, 1.54) is 0 Å². The number of ether oxygens (including phenoxy) is 1. The molecule has 1 aromatic heterocycles. The fraction of sp³-hybridized carbons (Fsp3) is 0.300. The zero-order chi connectivity index (χ0) is 26.0. The highest BCUT2D eigenvalue weighted by Crippen LogP contribution is 2.65. The number of carbonyl (C=O) groups is 2. The lowest BCUT2D eigenvalue weighted by molar-refractivity contribution is -0.118. The highest BCUT2D eigenvalue weighted by molar-refractivity contribution is 6.10. The van der Waals surface area contributed by atoms with Gasteiger partial charge < -0.3 is 19.9 Å². The summed E-state index contributed by atoms with van der Waals surface area (Å²) >= 11 is 0. The van der Waals surface area contributed by atoms with Crippen molar-refractivity contribution >= 4 is 28.4 Å². The number of piperazine rings is 1. The number of nitrogens with zero attached hydrogens (tertiary/aromatic N) is 3. The van der Waals surface area contributed by atoms with Crippen molar-refractivity contribution in [2.45, 2.75) is 17.8 Å². The van der Waals surface area contributed by atoms with Crippen molar-refractivity contribution in [2.75, 3.05) is 45.7 Å². The average molecular weight is 508 g/mol. The van der Waals surface area contributed by atoms with Gasteiger partial charge >= 0.3 is 0 Å². The summed E-state index contributed by atoms with van der Waals surface area (Å²) < 4.78 is 5.42. The van der Waals surface area contributed by atoms with E-state index >= 15 is 0 Å². The second-order valence-corrected chi connectivity index (χ2v) is 10.6. The molecule has 1 saturated carbocycles. The van der Waals surface area contributed by atoms with Crippen LogP contribution in [0.25, 0.3) is 22.2 Å². The Morgan fingerprint density at radius 2 is 1.82 bits per heavy atom. The van der Waals surface area contributed by atoms with Crippen molar-refractivity contribution in [1.29, 1.82) is 0 Å². The Morgan fingerprint density at radius 1 is 1.03 bits per heavy atom. The molecule has 0 bridgehead atoms. The molecular formula is C30H29N5O3. The van der Waals surface area contributed by atoms with Gasteiger partial charge in [-0.15, -0.1) is 0 Å². The van der Waals surface area contributed by atoms with Crippen molar-refractivity contribution in [1.82, 2.24) is 20.0 Å². The number of rotatable bonds is 4. The van der Waals surface area contributed by atoms with Crippen molar-refractivity contribution in [3.05, 3.63) is 77.4 Å². The van der Waals surface area contributed by atoms with Crippen LogP contribution >= 0.6 is 0 Å². The van der Waals surface area contributed by atoms with Gasteiger partial charge in [-0.2, -0.15) is 5.10 Å². The third kappa shape index (κ3) is 3.44. The van der Waals surface area contributed by atoms with Crippen LogP contribution < -0.4 is 10.1 Å². The number of hydrogen-bond acceptors (Lipinski definition) is 5.